The lowest BCUT2D eigenvalue weighted by atomic mass is 9.68. The summed E-state index contributed by atoms with van der Waals surface area (Å²) in [5.74, 6) is 6.26. The number of hydrogen-bond acceptors (Lipinski definition) is 8. The Morgan fingerprint density at radius 3 is 1.32 bits per heavy atom. The summed E-state index contributed by atoms with van der Waals surface area (Å²) in [6, 6.07) is 59.6. The first-order chi connectivity index (χ1) is 36.3. The molecule has 0 spiro atoms. The van der Waals surface area contributed by atoms with Crippen LogP contribution in [0.1, 0.15) is 136 Å². The average Bonchev–Trinajstić information content (AvgIpc) is 3.42. The summed E-state index contributed by atoms with van der Waals surface area (Å²) >= 11 is 0. The lowest BCUT2D eigenvalue weighted by molar-refractivity contribution is 0.0242. The molecule has 3 atom stereocenters. The van der Waals surface area contributed by atoms with Crippen molar-refractivity contribution in [3.63, 3.8) is 0 Å². The monoisotopic (exact) mass is 1020 g/mol. The highest BCUT2D eigenvalue weighted by molar-refractivity contribution is 5.91. The van der Waals surface area contributed by atoms with Gasteiger partial charge in [-0.3, -0.25) is 0 Å². The van der Waals surface area contributed by atoms with Crippen molar-refractivity contribution in [1.82, 2.24) is 0 Å². The maximum absolute atomic E-state index is 13.3. The largest absolute Gasteiger partial charge is 0.490 e. The summed E-state index contributed by atoms with van der Waals surface area (Å²) in [4.78, 5) is 13.3. The van der Waals surface area contributed by atoms with E-state index in [4.69, 9.17) is 34.2 Å². The summed E-state index contributed by atoms with van der Waals surface area (Å²) in [6.45, 7) is 23.2. The molecule has 0 aliphatic heterocycles. The van der Waals surface area contributed by atoms with Crippen LogP contribution < -0.4 is 34.2 Å². The van der Waals surface area contributed by atoms with Gasteiger partial charge in [0, 0.05) is 16.9 Å². The Morgan fingerprint density at radius 1 is 0.500 bits per heavy atom. The topological polar surface area (TPSA) is 98.5 Å². The van der Waals surface area contributed by atoms with Crippen LogP contribution in [0.25, 0.3) is 0 Å². The Bertz CT molecular complexity index is 3190. The lowest BCUT2D eigenvalue weighted by Crippen LogP contribution is -2.49. The Labute approximate surface area is 450 Å². The number of benzene rings is 8. The number of esters is 1. The fourth-order valence-electron chi connectivity index (χ4n) is 9.24. The van der Waals surface area contributed by atoms with Gasteiger partial charge in [-0.15, -0.1) is 0 Å². The SMILES string of the molecule is CCC(C)Oc1ccc(C(C)c2ccc(OC(=O)c3ccc(Oc4ccc(C(C)(CC)C(C)(C)Oc5ccc(Cc6ccc(Oc7ccc(Oc8ccc(C(C)(C)N)cc8)cc7)cc6)cc5)cc4)cc3)c(C)c2)cc1C. The van der Waals surface area contributed by atoms with Crippen LogP contribution in [0.5, 0.6) is 51.7 Å². The number of ether oxygens (including phenoxy) is 6. The third-order valence-electron chi connectivity index (χ3n) is 14.9. The molecule has 2 N–H and O–H groups in total. The van der Waals surface area contributed by atoms with Crippen molar-refractivity contribution in [3.05, 3.63) is 232 Å². The standard InChI is InChI=1S/C68H73NO7/c1-12-47(5)71-63-40-20-52(42-45(63)3)48(6)53-21-41-64(46(4)43-53)75-65(70)51-18-30-57(31-19-51)73-59-34-24-55(25-35-59)68(11,13-2)67(9,10)76-62-28-16-50(17-29-62)44-49-14-26-56(27-15-49)72-60-36-38-61(39-37-60)74-58-32-22-54(23-33-58)66(7,8)69/h14-43,47-48H,12-13,44,69H2,1-11H3. The smallest absolute Gasteiger partial charge is 0.343 e. The molecule has 0 aliphatic carbocycles. The fourth-order valence-corrected chi connectivity index (χ4v) is 9.24. The van der Waals surface area contributed by atoms with Gasteiger partial charge in [0.05, 0.1) is 11.7 Å². The summed E-state index contributed by atoms with van der Waals surface area (Å²) in [7, 11) is 0. The Balaban J connectivity index is 0.808. The first kappa shape index (κ1) is 54.5. The molecule has 392 valence electrons. The van der Waals surface area contributed by atoms with Crippen LogP contribution in [0.3, 0.4) is 0 Å². The number of carbonyl (C=O) groups excluding carboxylic acids is 1. The second kappa shape index (κ2) is 23.4. The molecule has 0 bridgehead atoms. The minimum Gasteiger partial charge on any atom is -0.490 e. The van der Waals surface area contributed by atoms with Gasteiger partial charge in [0.1, 0.15) is 57.3 Å². The van der Waals surface area contributed by atoms with E-state index in [1.54, 1.807) is 24.3 Å². The molecule has 8 nitrogen and oxygen atoms in total. The molecule has 0 amide bonds. The third kappa shape index (κ3) is 13.3. The van der Waals surface area contributed by atoms with E-state index in [1.807, 2.05) is 106 Å². The molecule has 8 heteroatoms. The molecule has 8 aromatic carbocycles. The van der Waals surface area contributed by atoms with Gasteiger partial charge in [0.15, 0.2) is 0 Å². The molecule has 3 unspecified atom stereocenters. The molecule has 0 aromatic heterocycles. The highest BCUT2D eigenvalue weighted by atomic mass is 16.5. The van der Waals surface area contributed by atoms with Gasteiger partial charge >= 0.3 is 5.97 Å². The molecule has 8 aromatic rings. The van der Waals surface area contributed by atoms with E-state index in [0.29, 0.717) is 22.8 Å². The van der Waals surface area contributed by atoms with Gasteiger partial charge in [-0.2, -0.15) is 0 Å². The van der Waals surface area contributed by atoms with Crippen molar-refractivity contribution in [2.75, 3.05) is 0 Å². The molecule has 8 rings (SSSR count). The van der Waals surface area contributed by atoms with E-state index in [2.05, 4.69) is 128 Å². The first-order valence-electron chi connectivity index (χ1n) is 26.5. The molecule has 0 aliphatic rings. The van der Waals surface area contributed by atoms with E-state index < -0.39 is 17.1 Å². The minimum atomic E-state index is -0.554. The van der Waals surface area contributed by atoms with Crippen LogP contribution in [0.15, 0.2) is 182 Å². The van der Waals surface area contributed by atoms with Crippen molar-refractivity contribution < 1.29 is 33.2 Å². The van der Waals surface area contributed by atoms with E-state index >= 15 is 0 Å². The molecule has 76 heavy (non-hydrogen) atoms. The molecule has 0 heterocycles. The number of nitrogens with two attached hydrogens (primary N) is 1. The van der Waals surface area contributed by atoms with Crippen molar-refractivity contribution in [1.29, 1.82) is 0 Å². The molecular formula is C68H73NO7. The number of rotatable bonds is 21. The van der Waals surface area contributed by atoms with Gasteiger partial charge in [-0.25, -0.2) is 4.79 Å². The lowest BCUT2D eigenvalue weighted by Gasteiger charge is -2.44. The predicted octanol–water partition coefficient (Wildman–Crippen LogP) is 17.5. The van der Waals surface area contributed by atoms with Gasteiger partial charge < -0.3 is 34.2 Å². The van der Waals surface area contributed by atoms with Crippen LogP contribution in [-0.2, 0) is 17.4 Å². The minimum absolute atomic E-state index is 0.154. The predicted molar refractivity (Wildman–Crippen MR) is 306 cm³/mol. The van der Waals surface area contributed by atoms with Crippen LogP contribution in [0.2, 0.25) is 0 Å². The van der Waals surface area contributed by atoms with E-state index in [1.165, 1.54) is 16.7 Å². The van der Waals surface area contributed by atoms with Crippen LogP contribution in [0.4, 0.5) is 0 Å². The second-order valence-corrected chi connectivity index (χ2v) is 21.3. The molecule has 0 radical (unpaired) electrons. The van der Waals surface area contributed by atoms with E-state index in [9.17, 15) is 4.79 Å². The van der Waals surface area contributed by atoms with Crippen LogP contribution in [-0.4, -0.2) is 17.7 Å². The molecule has 0 fully saturated rings. The van der Waals surface area contributed by atoms with Crippen LogP contribution >= 0.6 is 0 Å². The highest BCUT2D eigenvalue weighted by Crippen LogP contribution is 2.42. The van der Waals surface area contributed by atoms with Crippen molar-refractivity contribution in [2.24, 2.45) is 5.73 Å². The second-order valence-electron chi connectivity index (χ2n) is 21.3. The zero-order valence-corrected chi connectivity index (χ0v) is 46.0. The van der Waals surface area contributed by atoms with Crippen molar-refractivity contribution in [3.8, 4) is 51.7 Å². The maximum Gasteiger partial charge on any atom is 0.343 e. The molecule has 0 saturated heterocycles. The summed E-state index contributed by atoms with van der Waals surface area (Å²) < 4.78 is 37.2. The van der Waals surface area contributed by atoms with Crippen molar-refractivity contribution >= 4 is 5.97 Å². The Kier molecular flexibility index (Phi) is 16.8. The van der Waals surface area contributed by atoms with E-state index in [-0.39, 0.29) is 17.4 Å². The van der Waals surface area contributed by atoms with Gasteiger partial charge in [0.25, 0.3) is 0 Å². The normalized spacial score (nSPS) is 13.2. The van der Waals surface area contributed by atoms with Gasteiger partial charge in [0.2, 0.25) is 0 Å². The number of carbonyl (C=O) groups is 1. The quantitative estimate of drug-likeness (QED) is 0.0561. The van der Waals surface area contributed by atoms with Gasteiger partial charge in [-0.05, 0) is 221 Å². The van der Waals surface area contributed by atoms with Crippen molar-refractivity contribution in [2.45, 2.75) is 124 Å². The third-order valence-corrected chi connectivity index (χ3v) is 14.9. The zero-order chi connectivity index (χ0) is 54.2. The average molecular weight is 1020 g/mol. The number of hydrogen-bond donors (Lipinski definition) is 1. The summed E-state index contributed by atoms with van der Waals surface area (Å²) in [5.41, 5.74) is 14.3. The highest BCUT2D eigenvalue weighted by Gasteiger charge is 2.43. The molecule has 0 saturated carbocycles. The summed E-state index contributed by atoms with van der Waals surface area (Å²) in [6.07, 6.45) is 2.76. The van der Waals surface area contributed by atoms with Crippen LogP contribution in [0, 0.1) is 13.8 Å². The Hall–Kier alpha value is -7.81. The first-order valence-corrected chi connectivity index (χ1v) is 26.5. The van der Waals surface area contributed by atoms with E-state index in [0.717, 1.165) is 81.6 Å². The zero-order valence-electron chi connectivity index (χ0n) is 46.0. The number of aryl methyl sites for hydroxylation is 2. The maximum atomic E-state index is 13.3. The fraction of sp³-hybridized carbons (Fsp3) is 0.279. The Morgan fingerprint density at radius 2 is 0.895 bits per heavy atom. The van der Waals surface area contributed by atoms with Gasteiger partial charge in [-0.1, -0.05) is 100 Å². The summed E-state index contributed by atoms with van der Waals surface area (Å²) in [5, 5.41) is 0. The molecular weight excluding hydrogens is 943 g/mol.